The van der Waals surface area contributed by atoms with Crippen molar-refractivity contribution in [2.75, 3.05) is 13.1 Å². The number of likely N-dealkylation sites (tertiary alicyclic amines) is 1. The van der Waals surface area contributed by atoms with E-state index in [9.17, 15) is 4.79 Å². The minimum Gasteiger partial charge on any atom is -0.444 e. The molecule has 1 rings (SSSR count). The summed E-state index contributed by atoms with van der Waals surface area (Å²) in [7, 11) is 0. The predicted molar refractivity (Wildman–Crippen MR) is 86.1 cm³/mol. The van der Waals surface area contributed by atoms with Gasteiger partial charge in [0.1, 0.15) is 5.60 Å². The number of hydrogen-bond acceptors (Lipinski definition) is 3. The van der Waals surface area contributed by atoms with Crippen molar-refractivity contribution < 1.29 is 9.53 Å². The summed E-state index contributed by atoms with van der Waals surface area (Å²) in [6.45, 7) is 11.5. The maximum atomic E-state index is 12.2. The fourth-order valence-electron chi connectivity index (χ4n) is 2.64. The van der Waals surface area contributed by atoms with Crippen molar-refractivity contribution in [3.8, 4) is 11.8 Å². The highest BCUT2D eigenvalue weighted by molar-refractivity contribution is 5.68. The van der Waals surface area contributed by atoms with Crippen LogP contribution in [0.3, 0.4) is 0 Å². The molecule has 1 fully saturated rings. The van der Waals surface area contributed by atoms with E-state index in [1.165, 1.54) is 0 Å². The third-order valence-corrected chi connectivity index (χ3v) is 3.55. The largest absolute Gasteiger partial charge is 0.444 e. The normalized spacial score (nSPS) is 19.9. The lowest BCUT2D eigenvalue weighted by Crippen LogP contribution is -2.42. The van der Waals surface area contributed by atoms with E-state index >= 15 is 0 Å². The van der Waals surface area contributed by atoms with Crippen molar-refractivity contribution in [3.05, 3.63) is 0 Å². The standard InChI is InChI=1S/C17H30N2O2/c1-6-7-8-11-18-14(2)13-15-10-9-12-19(15)16(20)21-17(3,4)5/h14-15,18H,8-13H2,1-5H3. The lowest BCUT2D eigenvalue weighted by atomic mass is 10.1. The molecule has 21 heavy (non-hydrogen) atoms. The van der Waals surface area contributed by atoms with Crippen LogP contribution in [0.2, 0.25) is 0 Å². The highest BCUT2D eigenvalue weighted by Crippen LogP contribution is 2.23. The Hall–Kier alpha value is -1.21. The molecule has 1 aliphatic rings. The topological polar surface area (TPSA) is 41.6 Å². The Labute approximate surface area is 129 Å². The summed E-state index contributed by atoms with van der Waals surface area (Å²) in [5.74, 6) is 5.95. The molecule has 0 aliphatic carbocycles. The number of rotatable bonds is 5. The van der Waals surface area contributed by atoms with Gasteiger partial charge in [-0.25, -0.2) is 4.79 Å². The van der Waals surface area contributed by atoms with E-state index in [1.54, 1.807) is 0 Å². The SMILES string of the molecule is CC#CCCNC(C)CC1CCCN1C(=O)OC(C)(C)C. The third kappa shape index (κ3) is 6.86. The minimum absolute atomic E-state index is 0.172. The van der Waals surface area contributed by atoms with E-state index < -0.39 is 5.60 Å². The monoisotopic (exact) mass is 294 g/mol. The van der Waals surface area contributed by atoms with E-state index in [-0.39, 0.29) is 6.09 Å². The molecule has 120 valence electrons. The zero-order valence-corrected chi connectivity index (χ0v) is 14.2. The first kappa shape index (κ1) is 17.8. The number of hydrogen-bond donors (Lipinski definition) is 1. The molecule has 0 aromatic heterocycles. The van der Waals surface area contributed by atoms with E-state index in [0.717, 1.165) is 38.8 Å². The minimum atomic E-state index is -0.424. The Morgan fingerprint density at radius 3 is 2.81 bits per heavy atom. The first-order chi connectivity index (χ1) is 9.83. The molecule has 4 nitrogen and oxygen atoms in total. The summed E-state index contributed by atoms with van der Waals surface area (Å²) in [4.78, 5) is 14.1. The average molecular weight is 294 g/mol. The fourth-order valence-corrected chi connectivity index (χ4v) is 2.64. The van der Waals surface area contributed by atoms with Crippen molar-refractivity contribution >= 4 is 6.09 Å². The summed E-state index contributed by atoms with van der Waals surface area (Å²) in [6, 6.07) is 0.677. The Morgan fingerprint density at radius 1 is 1.48 bits per heavy atom. The Bertz CT molecular complexity index is 390. The average Bonchev–Trinajstić information content (AvgIpc) is 2.81. The van der Waals surface area contributed by atoms with Crippen molar-refractivity contribution in [1.82, 2.24) is 10.2 Å². The van der Waals surface area contributed by atoms with E-state index in [2.05, 4.69) is 24.1 Å². The van der Waals surface area contributed by atoms with Crippen LogP contribution in [-0.2, 0) is 4.74 Å². The van der Waals surface area contributed by atoms with Crippen molar-refractivity contribution in [2.24, 2.45) is 0 Å². The van der Waals surface area contributed by atoms with Gasteiger partial charge in [0.05, 0.1) is 0 Å². The van der Waals surface area contributed by atoms with Gasteiger partial charge >= 0.3 is 6.09 Å². The molecule has 1 N–H and O–H groups in total. The number of nitrogens with one attached hydrogen (secondary N) is 1. The van der Waals surface area contributed by atoms with Crippen molar-refractivity contribution in [1.29, 1.82) is 0 Å². The lowest BCUT2D eigenvalue weighted by molar-refractivity contribution is 0.0215. The molecule has 0 spiro atoms. The van der Waals surface area contributed by atoms with Gasteiger partial charge in [0.25, 0.3) is 0 Å². The lowest BCUT2D eigenvalue weighted by Gasteiger charge is -2.30. The molecular weight excluding hydrogens is 264 g/mol. The highest BCUT2D eigenvalue weighted by atomic mass is 16.6. The van der Waals surface area contributed by atoms with E-state index in [1.807, 2.05) is 32.6 Å². The smallest absolute Gasteiger partial charge is 0.410 e. The molecule has 0 bridgehead atoms. The van der Waals surface area contributed by atoms with Gasteiger partial charge in [-0.1, -0.05) is 0 Å². The van der Waals surface area contributed by atoms with Gasteiger partial charge in [0, 0.05) is 31.6 Å². The fraction of sp³-hybridized carbons (Fsp3) is 0.824. The summed E-state index contributed by atoms with van der Waals surface area (Å²) in [6.07, 6.45) is 3.81. The number of carbonyl (C=O) groups excluding carboxylic acids is 1. The summed E-state index contributed by atoms with van der Waals surface area (Å²) in [5, 5.41) is 3.47. The molecule has 1 saturated heterocycles. The first-order valence-corrected chi connectivity index (χ1v) is 7.96. The predicted octanol–water partition coefficient (Wildman–Crippen LogP) is 3.17. The Morgan fingerprint density at radius 2 is 2.19 bits per heavy atom. The number of ether oxygens (including phenoxy) is 1. The zero-order chi connectivity index (χ0) is 15.9. The van der Waals surface area contributed by atoms with Gasteiger partial charge in [0.2, 0.25) is 0 Å². The second-order valence-corrected chi connectivity index (χ2v) is 6.74. The van der Waals surface area contributed by atoms with Gasteiger partial charge < -0.3 is 15.0 Å². The van der Waals surface area contributed by atoms with Crippen molar-refractivity contribution in [3.63, 3.8) is 0 Å². The van der Waals surface area contributed by atoms with Crippen molar-refractivity contribution in [2.45, 2.75) is 78.0 Å². The quantitative estimate of drug-likeness (QED) is 0.625. The zero-order valence-electron chi connectivity index (χ0n) is 14.2. The molecule has 0 radical (unpaired) electrons. The molecule has 1 aliphatic heterocycles. The molecule has 0 aromatic carbocycles. The van der Waals surface area contributed by atoms with Crippen LogP contribution in [0, 0.1) is 11.8 Å². The molecule has 4 heteroatoms. The van der Waals surface area contributed by atoms with Crippen LogP contribution < -0.4 is 5.32 Å². The van der Waals surface area contributed by atoms with Gasteiger partial charge in [-0.2, -0.15) is 0 Å². The molecule has 2 atom stereocenters. The van der Waals surface area contributed by atoms with Crippen LogP contribution >= 0.6 is 0 Å². The molecule has 1 heterocycles. The molecule has 1 amide bonds. The number of carbonyl (C=O) groups is 1. The van der Waals surface area contributed by atoms with Crippen LogP contribution in [0.5, 0.6) is 0 Å². The Balaban J connectivity index is 2.41. The molecular formula is C17H30N2O2. The van der Waals surface area contributed by atoms with E-state index in [4.69, 9.17) is 4.74 Å². The van der Waals surface area contributed by atoms with Gasteiger partial charge in [-0.15, -0.1) is 11.8 Å². The molecule has 0 aromatic rings. The van der Waals surface area contributed by atoms with Gasteiger partial charge in [-0.3, -0.25) is 0 Å². The van der Waals surface area contributed by atoms with Gasteiger partial charge in [0.15, 0.2) is 0 Å². The second-order valence-electron chi connectivity index (χ2n) is 6.74. The molecule has 0 saturated carbocycles. The van der Waals surface area contributed by atoms with Crippen LogP contribution in [0.1, 0.15) is 60.3 Å². The first-order valence-electron chi connectivity index (χ1n) is 7.96. The summed E-state index contributed by atoms with van der Waals surface area (Å²) < 4.78 is 5.49. The van der Waals surface area contributed by atoms with Crippen LogP contribution in [0.4, 0.5) is 4.79 Å². The van der Waals surface area contributed by atoms with E-state index in [0.29, 0.717) is 12.1 Å². The highest BCUT2D eigenvalue weighted by Gasteiger charge is 2.32. The third-order valence-electron chi connectivity index (χ3n) is 3.55. The summed E-state index contributed by atoms with van der Waals surface area (Å²) >= 11 is 0. The van der Waals surface area contributed by atoms with Crippen LogP contribution in [-0.4, -0.2) is 41.8 Å². The Kier molecular flexibility index (Phi) is 7.04. The second kappa shape index (κ2) is 8.29. The van der Waals surface area contributed by atoms with Crippen LogP contribution in [0.25, 0.3) is 0 Å². The summed E-state index contributed by atoms with van der Waals surface area (Å²) in [5.41, 5.74) is -0.424. The number of amides is 1. The maximum Gasteiger partial charge on any atom is 0.410 e. The molecule has 2 unspecified atom stereocenters. The number of nitrogens with zero attached hydrogens (tertiary/aromatic N) is 1. The maximum absolute atomic E-state index is 12.2. The van der Waals surface area contributed by atoms with Gasteiger partial charge in [-0.05, 0) is 53.9 Å². The van der Waals surface area contributed by atoms with Crippen LogP contribution in [0.15, 0.2) is 0 Å².